The third kappa shape index (κ3) is 6.62. The number of ether oxygens (including phenoxy) is 6. The van der Waals surface area contributed by atoms with Gasteiger partial charge in [-0.05, 0) is 12.0 Å². The normalized spacial score (nSPS) is 25.6. The number of aliphatic hydroxyl groups is 1. The smallest absolute Gasteiger partial charge is 0.408 e. The second kappa shape index (κ2) is 12.0. The molecule has 2 N–H and O–H groups in total. The number of esters is 1. The Balaban J connectivity index is 1.46. The first kappa shape index (κ1) is 23.4. The van der Waals surface area contributed by atoms with Crippen LogP contribution in [0, 0.1) is 0 Å². The summed E-state index contributed by atoms with van der Waals surface area (Å²) in [5, 5.41) is 11.3. The van der Waals surface area contributed by atoms with Gasteiger partial charge in [0.15, 0.2) is 6.04 Å². The molecule has 1 aromatic carbocycles. The summed E-state index contributed by atoms with van der Waals surface area (Å²) >= 11 is 0. The molecule has 1 amide bonds. The van der Waals surface area contributed by atoms with Gasteiger partial charge in [-0.2, -0.15) is 0 Å². The van der Waals surface area contributed by atoms with Crippen LogP contribution in [0.4, 0.5) is 4.79 Å². The lowest BCUT2D eigenvalue weighted by atomic mass is 10.1. The Morgan fingerprint density at radius 1 is 1.13 bits per heavy atom. The molecule has 2 aliphatic rings. The lowest BCUT2D eigenvalue weighted by molar-refractivity contribution is -0.146. The van der Waals surface area contributed by atoms with Gasteiger partial charge in [0, 0.05) is 13.2 Å². The van der Waals surface area contributed by atoms with E-state index in [-0.39, 0.29) is 44.7 Å². The summed E-state index contributed by atoms with van der Waals surface area (Å²) in [6, 6.07) is 8.16. The minimum atomic E-state index is -1.04. The van der Waals surface area contributed by atoms with Crippen molar-refractivity contribution >= 4 is 12.1 Å². The Hall–Kier alpha value is -2.24. The summed E-state index contributed by atoms with van der Waals surface area (Å²) in [6.45, 7) is 1.08. The second-order valence-corrected chi connectivity index (χ2v) is 7.24. The molecule has 31 heavy (non-hydrogen) atoms. The van der Waals surface area contributed by atoms with Gasteiger partial charge in [0.1, 0.15) is 31.0 Å². The first-order valence-electron chi connectivity index (χ1n) is 10.2. The van der Waals surface area contributed by atoms with E-state index in [4.69, 9.17) is 33.5 Å². The number of carbonyl (C=O) groups excluding carboxylic acids is 2. The summed E-state index contributed by atoms with van der Waals surface area (Å²) in [5.74, 6) is -0.648. The van der Waals surface area contributed by atoms with E-state index in [1.165, 1.54) is 7.11 Å². The van der Waals surface area contributed by atoms with Crippen LogP contribution in [0.25, 0.3) is 0 Å². The Morgan fingerprint density at radius 3 is 2.45 bits per heavy atom. The second-order valence-electron chi connectivity index (χ2n) is 7.24. The zero-order chi connectivity index (χ0) is 22.1. The number of rotatable bonds is 11. The van der Waals surface area contributed by atoms with Crippen LogP contribution in [0.15, 0.2) is 30.3 Å². The van der Waals surface area contributed by atoms with E-state index < -0.39 is 24.2 Å². The molecular formula is C21H29NO9. The number of hydrogen-bond acceptors (Lipinski definition) is 9. The summed E-state index contributed by atoms with van der Waals surface area (Å²) in [5.41, 5.74) is 0.826. The maximum Gasteiger partial charge on any atom is 0.408 e. The molecule has 0 aromatic heterocycles. The van der Waals surface area contributed by atoms with Gasteiger partial charge in [0.05, 0.1) is 26.9 Å². The fraction of sp³-hybridized carbons (Fsp3) is 0.619. The van der Waals surface area contributed by atoms with Crippen molar-refractivity contribution in [1.29, 1.82) is 0 Å². The lowest BCUT2D eigenvalue weighted by Gasteiger charge is -2.21. The van der Waals surface area contributed by atoms with Crippen LogP contribution < -0.4 is 5.32 Å². The van der Waals surface area contributed by atoms with E-state index in [2.05, 4.69) is 5.32 Å². The maximum absolute atomic E-state index is 12.1. The average Bonchev–Trinajstić information content (AvgIpc) is 3.38. The molecule has 0 aliphatic carbocycles. The highest BCUT2D eigenvalue weighted by atomic mass is 16.6. The van der Waals surface area contributed by atoms with Gasteiger partial charge < -0.3 is 38.8 Å². The van der Waals surface area contributed by atoms with Gasteiger partial charge in [-0.1, -0.05) is 30.3 Å². The lowest BCUT2D eigenvalue weighted by Crippen LogP contribution is -2.46. The summed E-state index contributed by atoms with van der Waals surface area (Å²) in [6.07, 6.45) is -1.46. The van der Waals surface area contributed by atoms with Crippen molar-refractivity contribution < 1.29 is 43.1 Å². The summed E-state index contributed by atoms with van der Waals surface area (Å²) in [4.78, 5) is 24.2. The van der Waals surface area contributed by atoms with E-state index in [0.717, 1.165) is 5.56 Å². The Kier molecular flexibility index (Phi) is 9.04. The van der Waals surface area contributed by atoms with Gasteiger partial charge in [-0.3, -0.25) is 0 Å². The minimum absolute atomic E-state index is 0.0595. The third-order valence-corrected chi connectivity index (χ3v) is 5.06. The van der Waals surface area contributed by atoms with Crippen LogP contribution in [0.3, 0.4) is 0 Å². The number of methoxy groups -OCH3 is 1. The van der Waals surface area contributed by atoms with E-state index in [9.17, 15) is 9.59 Å². The van der Waals surface area contributed by atoms with Crippen molar-refractivity contribution in [3.05, 3.63) is 35.9 Å². The molecule has 10 heteroatoms. The highest BCUT2D eigenvalue weighted by Crippen LogP contribution is 2.30. The van der Waals surface area contributed by atoms with Gasteiger partial charge in [0.2, 0.25) is 0 Å². The highest BCUT2D eigenvalue weighted by molar-refractivity contribution is 5.81. The molecule has 1 aromatic rings. The van der Waals surface area contributed by atoms with Crippen LogP contribution in [-0.2, 0) is 39.8 Å². The third-order valence-electron chi connectivity index (χ3n) is 5.06. The van der Waals surface area contributed by atoms with Crippen LogP contribution in [0.2, 0.25) is 0 Å². The van der Waals surface area contributed by atoms with Crippen molar-refractivity contribution in [2.45, 2.75) is 43.5 Å². The molecule has 0 bridgehead atoms. The van der Waals surface area contributed by atoms with Crippen LogP contribution in [-0.4, -0.2) is 87.8 Å². The van der Waals surface area contributed by atoms with E-state index >= 15 is 0 Å². The molecule has 2 heterocycles. The Labute approximate surface area is 180 Å². The maximum atomic E-state index is 12.1. The number of benzene rings is 1. The topological polar surface area (TPSA) is 122 Å². The molecule has 2 fully saturated rings. The molecule has 5 atom stereocenters. The molecule has 0 unspecified atom stereocenters. The molecular weight excluding hydrogens is 410 g/mol. The van der Waals surface area contributed by atoms with Gasteiger partial charge in [-0.25, -0.2) is 9.59 Å². The molecule has 0 spiro atoms. The van der Waals surface area contributed by atoms with E-state index in [1.54, 1.807) is 0 Å². The molecule has 172 valence electrons. The predicted octanol–water partition coefficient (Wildman–Crippen LogP) is 0.405. The number of nitrogens with one attached hydrogen (secondary N) is 1. The van der Waals surface area contributed by atoms with Crippen molar-refractivity contribution in [2.24, 2.45) is 0 Å². The predicted molar refractivity (Wildman–Crippen MR) is 106 cm³/mol. The van der Waals surface area contributed by atoms with Gasteiger partial charge >= 0.3 is 12.1 Å². The minimum Gasteiger partial charge on any atom is -0.467 e. The first-order chi connectivity index (χ1) is 15.1. The molecule has 0 radical (unpaired) electrons. The highest BCUT2D eigenvalue weighted by Gasteiger charge is 2.49. The summed E-state index contributed by atoms with van der Waals surface area (Å²) in [7, 11) is 1.23. The quantitative estimate of drug-likeness (QED) is 0.373. The number of alkyl carbamates (subject to hydrolysis) is 1. The number of fused-ring (bicyclic) bond motifs is 1. The van der Waals surface area contributed by atoms with E-state index in [1.807, 2.05) is 30.3 Å². The Morgan fingerprint density at radius 2 is 1.81 bits per heavy atom. The SMILES string of the molecule is COC(=O)[C@H](CO[C@H]1CO[C@H]2[C@@H]1OC[C@H]2OCCCO)NC(=O)OCc1ccccc1. The van der Waals surface area contributed by atoms with Crippen LogP contribution >= 0.6 is 0 Å². The monoisotopic (exact) mass is 439 g/mol. The largest absolute Gasteiger partial charge is 0.467 e. The average molecular weight is 439 g/mol. The zero-order valence-electron chi connectivity index (χ0n) is 17.4. The van der Waals surface area contributed by atoms with Gasteiger partial charge in [0.25, 0.3) is 0 Å². The number of hydrogen-bond donors (Lipinski definition) is 2. The zero-order valence-corrected chi connectivity index (χ0v) is 17.4. The van der Waals surface area contributed by atoms with Crippen LogP contribution in [0.5, 0.6) is 0 Å². The number of amides is 1. The van der Waals surface area contributed by atoms with Crippen molar-refractivity contribution in [1.82, 2.24) is 5.32 Å². The van der Waals surface area contributed by atoms with Crippen molar-refractivity contribution in [3.8, 4) is 0 Å². The van der Waals surface area contributed by atoms with Gasteiger partial charge in [-0.15, -0.1) is 0 Å². The summed E-state index contributed by atoms with van der Waals surface area (Å²) < 4.78 is 32.9. The molecule has 3 rings (SSSR count). The standard InChI is InChI=1S/C21H29NO9/c1-26-20(24)15(22-21(25)31-10-14-6-3-2-4-7-14)11-28-17-13-30-18-16(12-29-19(17)18)27-9-5-8-23/h2-4,6-7,15-19,23H,5,8-13H2,1H3,(H,22,25)/t15-,16+,17-,18+,19+/m0/s1. The molecule has 2 aliphatic heterocycles. The van der Waals surface area contributed by atoms with E-state index in [0.29, 0.717) is 19.6 Å². The van der Waals surface area contributed by atoms with Crippen LogP contribution in [0.1, 0.15) is 12.0 Å². The number of carbonyl (C=O) groups is 2. The van der Waals surface area contributed by atoms with Crippen molar-refractivity contribution in [2.75, 3.05) is 40.1 Å². The molecule has 10 nitrogen and oxygen atoms in total. The van der Waals surface area contributed by atoms with Crippen molar-refractivity contribution in [3.63, 3.8) is 0 Å². The fourth-order valence-corrected chi connectivity index (χ4v) is 3.45. The Bertz CT molecular complexity index is 701. The first-order valence-corrected chi connectivity index (χ1v) is 10.2. The number of aliphatic hydroxyl groups excluding tert-OH is 1. The fourth-order valence-electron chi connectivity index (χ4n) is 3.45. The molecule has 0 saturated carbocycles. The molecule has 2 saturated heterocycles.